The maximum Gasteiger partial charge on any atom is 0.223 e. The molecular weight excluding hydrogens is 338 g/mol. The summed E-state index contributed by atoms with van der Waals surface area (Å²) < 4.78 is 0. The number of piperidine rings is 1. The van der Waals surface area contributed by atoms with Crippen molar-refractivity contribution in [1.29, 1.82) is 0 Å². The van der Waals surface area contributed by atoms with Crippen LogP contribution < -0.4 is 0 Å². The second-order valence-corrected chi connectivity index (χ2v) is 9.25. The maximum absolute atomic E-state index is 12.7. The Hall–Kier alpha value is -1.43. The minimum atomic E-state index is 0.277. The Morgan fingerprint density at radius 1 is 1.15 bits per heavy atom. The normalized spacial score (nSPS) is 27.5. The van der Waals surface area contributed by atoms with Gasteiger partial charge < -0.3 is 9.80 Å². The van der Waals surface area contributed by atoms with Crippen LogP contribution in [0.15, 0.2) is 0 Å². The third-order valence-electron chi connectivity index (χ3n) is 6.98. The number of nitrogens with one attached hydrogen (secondary N) is 1. The van der Waals surface area contributed by atoms with E-state index in [2.05, 4.69) is 25.0 Å². The fourth-order valence-electron chi connectivity index (χ4n) is 5.56. The highest BCUT2D eigenvalue weighted by Gasteiger charge is 2.42. The Kier molecular flexibility index (Phi) is 5.81. The fraction of sp³-hybridized carbons (Fsp3) is 0.857. The van der Waals surface area contributed by atoms with Crippen molar-refractivity contribution in [3.8, 4) is 0 Å². The summed E-state index contributed by atoms with van der Waals surface area (Å²) in [7, 11) is 0. The molecule has 3 aliphatic rings. The predicted octanol–water partition coefficient (Wildman–Crippen LogP) is 2.94. The first kappa shape index (κ1) is 18.9. The van der Waals surface area contributed by atoms with Crippen LogP contribution in [0.3, 0.4) is 0 Å². The zero-order valence-electron chi connectivity index (χ0n) is 16.9. The van der Waals surface area contributed by atoms with Crippen LogP contribution in [0.2, 0.25) is 0 Å². The molecule has 1 unspecified atom stereocenters. The van der Waals surface area contributed by atoms with Crippen LogP contribution in [0.1, 0.15) is 69.4 Å². The Balaban J connectivity index is 1.27. The summed E-state index contributed by atoms with van der Waals surface area (Å²) in [4.78, 5) is 21.9. The van der Waals surface area contributed by atoms with Crippen molar-refractivity contribution in [3.05, 3.63) is 11.6 Å². The van der Waals surface area contributed by atoms with Gasteiger partial charge in [0.1, 0.15) is 5.82 Å². The lowest BCUT2D eigenvalue weighted by Gasteiger charge is -2.42. The van der Waals surface area contributed by atoms with Crippen molar-refractivity contribution < 1.29 is 4.79 Å². The Morgan fingerprint density at radius 3 is 2.78 bits per heavy atom. The fourth-order valence-corrected chi connectivity index (χ4v) is 5.56. The van der Waals surface area contributed by atoms with Crippen molar-refractivity contribution >= 4 is 5.91 Å². The van der Waals surface area contributed by atoms with Gasteiger partial charge in [-0.05, 0) is 51.5 Å². The zero-order valence-corrected chi connectivity index (χ0v) is 16.9. The van der Waals surface area contributed by atoms with Gasteiger partial charge in [0.2, 0.25) is 5.91 Å². The van der Waals surface area contributed by atoms with Crippen LogP contribution in [0.4, 0.5) is 0 Å². The Morgan fingerprint density at radius 2 is 2.00 bits per heavy atom. The van der Waals surface area contributed by atoms with Crippen LogP contribution in [-0.2, 0) is 11.2 Å². The van der Waals surface area contributed by atoms with Crippen LogP contribution in [-0.4, -0.2) is 63.6 Å². The van der Waals surface area contributed by atoms with Gasteiger partial charge in [-0.15, -0.1) is 0 Å². The van der Waals surface area contributed by atoms with Crippen LogP contribution in [0.5, 0.6) is 0 Å². The summed E-state index contributed by atoms with van der Waals surface area (Å²) in [5.74, 6) is 2.76. The summed E-state index contributed by atoms with van der Waals surface area (Å²) in [6, 6.07) is 0. The number of carbonyl (C=O) groups excluding carboxylic acids is 1. The van der Waals surface area contributed by atoms with Crippen molar-refractivity contribution in [2.45, 2.75) is 71.1 Å². The van der Waals surface area contributed by atoms with E-state index in [1.807, 2.05) is 6.92 Å². The number of amides is 1. The molecule has 2 saturated heterocycles. The standard InChI is InChI=1S/C21H35N5O/c1-17-22-19(24-23-17)8-9-20(27)26-13-11-21(16-26)10-5-12-25(15-21)14-18-6-3-2-4-7-18/h18H,2-16H2,1H3,(H,22,23,24). The first-order valence-corrected chi connectivity index (χ1v) is 11.0. The van der Waals surface area contributed by atoms with Gasteiger partial charge in [-0.3, -0.25) is 9.89 Å². The van der Waals surface area contributed by atoms with E-state index in [1.54, 1.807) is 0 Å². The molecule has 0 aromatic carbocycles. The number of likely N-dealkylation sites (tertiary alicyclic amines) is 2. The number of hydrogen-bond acceptors (Lipinski definition) is 4. The number of H-pyrrole nitrogens is 1. The average molecular weight is 374 g/mol. The second-order valence-electron chi connectivity index (χ2n) is 9.25. The van der Waals surface area contributed by atoms with E-state index >= 15 is 0 Å². The van der Waals surface area contributed by atoms with Gasteiger partial charge in [-0.25, -0.2) is 4.98 Å². The van der Waals surface area contributed by atoms with Crippen molar-refractivity contribution in [3.63, 3.8) is 0 Å². The number of carbonyl (C=O) groups is 1. The van der Waals surface area contributed by atoms with Gasteiger partial charge >= 0.3 is 0 Å². The minimum Gasteiger partial charge on any atom is -0.342 e. The van der Waals surface area contributed by atoms with Gasteiger partial charge in [-0.1, -0.05) is 19.3 Å². The zero-order chi connectivity index (χ0) is 18.7. The summed E-state index contributed by atoms with van der Waals surface area (Å²) >= 11 is 0. The minimum absolute atomic E-state index is 0.277. The lowest BCUT2D eigenvalue weighted by molar-refractivity contribution is -0.130. The van der Waals surface area contributed by atoms with Crippen molar-refractivity contribution in [2.24, 2.45) is 11.3 Å². The highest BCUT2D eigenvalue weighted by atomic mass is 16.2. The molecule has 6 nitrogen and oxygen atoms in total. The van der Waals surface area contributed by atoms with Crippen LogP contribution in [0.25, 0.3) is 0 Å². The summed E-state index contributed by atoms with van der Waals surface area (Å²) in [5, 5.41) is 7.00. The van der Waals surface area contributed by atoms with Crippen LogP contribution in [0, 0.1) is 18.3 Å². The monoisotopic (exact) mass is 373 g/mol. The molecule has 1 atom stereocenters. The Labute approximate surface area is 163 Å². The molecule has 150 valence electrons. The molecule has 1 N–H and O–H groups in total. The largest absolute Gasteiger partial charge is 0.342 e. The summed E-state index contributed by atoms with van der Waals surface area (Å²) in [6.07, 6.45) is 12.1. The molecule has 0 bridgehead atoms. The smallest absolute Gasteiger partial charge is 0.223 e. The molecule has 0 radical (unpaired) electrons. The van der Waals surface area contributed by atoms with E-state index in [0.717, 1.165) is 30.7 Å². The van der Waals surface area contributed by atoms with Gasteiger partial charge in [-0.2, -0.15) is 5.10 Å². The molecule has 4 rings (SSSR count). The number of aromatic amines is 1. The number of nitrogens with zero attached hydrogens (tertiary/aromatic N) is 4. The number of aryl methyl sites for hydroxylation is 2. The van der Waals surface area contributed by atoms with E-state index in [0.29, 0.717) is 18.3 Å². The first-order valence-electron chi connectivity index (χ1n) is 11.0. The molecule has 3 fully saturated rings. The Bertz CT molecular complexity index is 638. The lowest BCUT2D eigenvalue weighted by atomic mass is 9.78. The van der Waals surface area contributed by atoms with Gasteiger partial charge in [0.05, 0.1) is 0 Å². The van der Waals surface area contributed by atoms with E-state index in [4.69, 9.17) is 0 Å². The number of rotatable bonds is 5. The van der Waals surface area contributed by atoms with Crippen LogP contribution >= 0.6 is 0 Å². The molecule has 1 saturated carbocycles. The van der Waals surface area contributed by atoms with Crippen molar-refractivity contribution in [2.75, 3.05) is 32.7 Å². The third-order valence-corrected chi connectivity index (χ3v) is 6.98. The van der Waals surface area contributed by atoms with Gasteiger partial charge in [0.15, 0.2) is 5.82 Å². The molecule has 2 aliphatic heterocycles. The summed E-state index contributed by atoms with van der Waals surface area (Å²) in [5.41, 5.74) is 0.351. The maximum atomic E-state index is 12.7. The lowest BCUT2D eigenvalue weighted by Crippen LogP contribution is -2.47. The molecule has 1 aromatic heterocycles. The molecule has 1 spiro atoms. The van der Waals surface area contributed by atoms with E-state index in [9.17, 15) is 4.79 Å². The topological polar surface area (TPSA) is 65.1 Å². The molecule has 3 heterocycles. The third kappa shape index (κ3) is 4.71. The number of aromatic nitrogens is 3. The summed E-state index contributed by atoms with van der Waals surface area (Å²) in [6.45, 7) is 7.54. The van der Waals surface area contributed by atoms with Crippen molar-refractivity contribution in [1.82, 2.24) is 25.0 Å². The van der Waals surface area contributed by atoms with E-state index in [-0.39, 0.29) is 5.91 Å². The predicted molar refractivity (Wildman–Crippen MR) is 105 cm³/mol. The molecule has 1 aromatic rings. The highest BCUT2D eigenvalue weighted by molar-refractivity contribution is 5.76. The average Bonchev–Trinajstić information content (AvgIpc) is 3.27. The van der Waals surface area contributed by atoms with Gasteiger partial charge in [0.25, 0.3) is 0 Å². The highest BCUT2D eigenvalue weighted by Crippen LogP contribution is 2.40. The quantitative estimate of drug-likeness (QED) is 0.862. The molecular formula is C21H35N5O. The first-order chi connectivity index (χ1) is 13.1. The molecule has 1 aliphatic carbocycles. The van der Waals surface area contributed by atoms with E-state index < -0.39 is 0 Å². The number of hydrogen-bond donors (Lipinski definition) is 1. The van der Waals surface area contributed by atoms with Gasteiger partial charge in [0, 0.05) is 44.4 Å². The van der Waals surface area contributed by atoms with E-state index in [1.165, 1.54) is 71.0 Å². The molecule has 27 heavy (non-hydrogen) atoms. The SMILES string of the molecule is Cc1nc(CCC(=O)N2CCC3(CCCN(CC4CCCCC4)C3)C2)n[nH]1. The molecule has 1 amide bonds. The second kappa shape index (κ2) is 8.29. The molecule has 6 heteroatoms.